The first-order valence-corrected chi connectivity index (χ1v) is 19.3. The molecule has 5 rings (SSSR count). The lowest BCUT2D eigenvalue weighted by molar-refractivity contribution is -0.281. The van der Waals surface area contributed by atoms with Crippen molar-refractivity contribution >= 4 is 34.5 Å². The van der Waals surface area contributed by atoms with Gasteiger partial charge in [-0.05, 0) is 52.9 Å². The summed E-state index contributed by atoms with van der Waals surface area (Å²) in [7, 11) is 5.23. The number of amides is 1. The number of aliphatic hydroxyl groups is 1. The van der Waals surface area contributed by atoms with Gasteiger partial charge in [0.05, 0.1) is 29.9 Å². The van der Waals surface area contributed by atoms with Crippen molar-refractivity contribution in [1.29, 1.82) is 0 Å². The highest BCUT2D eigenvalue weighted by Crippen LogP contribution is 2.39. The summed E-state index contributed by atoms with van der Waals surface area (Å²) in [6.07, 6.45) is -3.75. The number of nitrogens with one attached hydrogen (secondary N) is 1. The van der Waals surface area contributed by atoms with Crippen molar-refractivity contribution in [3.8, 4) is 11.8 Å². The third-order valence-electron chi connectivity index (χ3n) is 11.9. The molecule has 14 atom stereocenters. The fourth-order valence-corrected chi connectivity index (χ4v) is 8.76. The van der Waals surface area contributed by atoms with Crippen molar-refractivity contribution in [2.24, 2.45) is 29.6 Å². The molecule has 300 valence electrons. The third kappa shape index (κ3) is 8.74. The number of nitrogens with zero attached hydrogens (tertiary/aromatic N) is 2. The number of aliphatic hydroxyl groups excluding tert-OH is 1. The van der Waals surface area contributed by atoms with Crippen LogP contribution in [0.25, 0.3) is 10.9 Å². The van der Waals surface area contributed by atoms with Crippen LogP contribution < -0.4 is 5.32 Å². The molecule has 2 aromatic rings. The fourth-order valence-electron chi connectivity index (χ4n) is 8.76. The fraction of sp³-hybridized carbons (Fsp3) is 0.643. The van der Waals surface area contributed by atoms with Crippen LogP contribution in [0.1, 0.15) is 73.3 Å². The molecule has 2 N–H and O–H groups in total. The second kappa shape index (κ2) is 17.5. The lowest BCUT2D eigenvalue weighted by atomic mass is 9.73. The summed E-state index contributed by atoms with van der Waals surface area (Å²) in [6, 6.07) is 8.36. The number of fused-ring (bicyclic) bond motifs is 2. The van der Waals surface area contributed by atoms with Gasteiger partial charge < -0.3 is 39.0 Å². The quantitative estimate of drug-likeness (QED) is 0.244. The lowest BCUT2D eigenvalue weighted by Gasteiger charge is -2.45. The van der Waals surface area contributed by atoms with Gasteiger partial charge in [-0.1, -0.05) is 64.7 Å². The number of ketones is 2. The predicted octanol–water partition coefficient (Wildman–Crippen LogP) is 4.30. The van der Waals surface area contributed by atoms with E-state index >= 15 is 0 Å². The molecule has 3 aliphatic heterocycles. The zero-order valence-electron chi connectivity index (χ0n) is 33.6. The normalized spacial score (nSPS) is 37.6. The van der Waals surface area contributed by atoms with Gasteiger partial charge in [-0.25, -0.2) is 4.79 Å². The molecule has 0 aliphatic carbocycles. The smallest absolute Gasteiger partial charge is 0.408 e. The zero-order valence-corrected chi connectivity index (χ0v) is 33.6. The highest BCUT2D eigenvalue weighted by molar-refractivity contribution is 6.00. The molecule has 1 aromatic carbocycles. The number of ether oxygens (including phenoxy) is 5. The van der Waals surface area contributed by atoms with Crippen molar-refractivity contribution in [2.45, 2.75) is 122 Å². The van der Waals surface area contributed by atoms with E-state index in [-0.39, 0.29) is 30.8 Å². The number of rotatable bonds is 6. The Labute approximate surface area is 324 Å². The summed E-state index contributed by atoms with van der Waals surface area (Å²) in [5.74, 6) is 0.0123. The summed E-state index contributed by atoms with van der Waals surface area (Å²) in [6.45, 7) is 12.3. The van der Waals surface area contributed by atoms with Crippen LogP contribution in [0.15, 0.2) is 36.5 Å². The van der Waals surface area contributed by atoms with Gasteiger partial charge in [0.1, 0.15) is 23.9 Å². The van der Waals surface area contributed by atoms with E-state index in [4.69, 9.17) is 23.7 Å². The van der Waals surface area contributed by atoms with Gasteiger partial charge in [0.15, 0.2) is 17.7 Å². The number of para-hydroxylation sites is 1. The van der Waals surface area contributed by atoms with E-state index in [0.29, 0.717) is 12.0 Å². The number of hydrogen-bond donors (Lipinski definition) is 2. The van der Waals surface area contributed by atoms with Crippen molar-refractivity contribution < 1.29 is 48.0 Å². The second-order valence-corrected chi connectivity index (χ2v) is 15.9. The molecule has 3 fully saturated rings. The van der Waals surface area contributed by atoms with Gasteiger partial charge in [0, 0.05) is 60.4 Å². The standard InChI is InChI=1S/C42H57N3O10/c1-11-32-42(7)38(44-41(50)55-42)25(5)33(46)23(3)36(51-10)26(6)37(54-40-35(48)31(45(8)9)19-22(2)52-40)24(4)34(47)29(39(49)53-32)17-14-15-27-20-28-16-12-13-18-30(28)43-21-27/h12-13,16,18,20-26,29,31-32,35-38,40,48H,11,17,19H2,1-10H3,(H,44,50)/t22-,23+,24+,25-,26-,29?,31+,32+,35-,36+,37-,38?,40+,42-/m1/s1. The van der Waals surface area contributed by atoms with Crippen molar-refractivity contribution in [2.75, 3.05) is 21.2 Å². The number of benzene rings is 1. The number of aromatic nitrogens is 1. The Morgan fingerprint density at radius 1 is 1.02 bits per heavy atom. The first-order chi connectivity index (χ1) is 26.0. The molecule has 3 aliphatic rings. The summed E-state index contributed by atoms with van der Waals surface area (Å²) < 4.78 is 30.8. The van der Waals surface area contributed by atoms with Crippen LogP contribution in [0.3, 0.4) is 0 Å². The summed E-state index contributed by atoms with van der Waals surface area (Å²) in [4.78, 5) is 62.7. The third-order valence-corrected chi connectivity index (χ3v) is 11.9. The van der Waals surface area contributed by atoms with E-state index in [1.165, 1.54) is 7.11 Å². The minimum absolute atomic E-state index is 0.189. The van der Waals surface area contributed by atoms with Crippen LogP contribution in [-0.4, -0.2) is 114 Å². The van der Waals surface area contributed by atoms with Crippen LogP contribution >= 0.6 is 0 Å². The Morgan fingerprint density at radius 3 is 2.38 bits per heavy atom. The van der Waals surface area contributed by atoms with Gasteiger partial charge in [-0.2, -0.15) is 0 Å². The average molecular weight is 764 g/mol. The molecular weight excluding hydrogens is 706 g/mol. The van der Waals surface area contributed by atoms with E-state index < -0.39 is 89.8 Å². The van der Waals surface area contributed by atoms with E-state index in [1.54, 1.807) is 40.8 Å². The number of likely N-dealkylation sites (N-methyl/N-ethyl adjacent to an activating group) is 1. The summed E-state index contributed by atoms with van der Waals surface area (Å²) in [5, 5.41) is 15.2. The van der Waals surface area contributed by atoms with Gasteiger partial charge in [-0.3, -0.25) is 19.4 Å². The van der Waals surface area contributed by atoms with Gasteiger partial charge in [-0.15, -0.1) is 0 Å². The van der Waals surface area contributed by atoms with Crippen molar-refractivity contribution in [3.05, 3.63) is 42.1 Å². The number of carbonyl (C=O) groups is 4. The Balaban J connectivity index is 1.59. The molecule has 0 radical (unpaired) electrons. The number of esters is 1. The van der Waals surface area contributed by atoms with Gasteiger partial charge >= 0.3 is 12.1 Å². The minimum atomic E-state index is -1.43. The number of pyridine rings is 1. The molecule has 0 saturated carbocycles. The Kier molecular flexibility index (Phi) is 13.4. The SMILES string of the molecule is CC[C@@H]1OC(=O)C(CC#Cc2cnc3ccccc3c2)C(=O)[C@H](C)[C@@H](O[C@@H]2O[C@H](C)C[C@H](N(C)C)[C@H]2O)[C@H](C)[C@@H](OC)[C@@H](C)C(=O)[C@@H](C)C2NC(=O)O[C@@]21C. The molecule has 3 saturated heterocycles. The second-order valence-electron chi connectivity index (χ2n) is 15.9. The maximum Gasteiger partial charge on any atom is 0.408 e. The number of cyclic esters (lactones) is 1. The van der Waals surface area contributed by atoms with E-state index in [0.717, 1.165) is 10.9 Å². The highest BCUT2D eigenvalue weighted by atomic mass is 16.7. The largest absolute Gasteiger partial charge is 0.457 e. The maximum atomic E-state index is 14.8. The number of Topliss-reactive ketones (excluding diaryl/α,β-unsaturated/α-hetero) is 2. The van der Waals surface area contributed by atoms with Crippen LogP contribution in [0.5, 0.6) is 0 Å². The van der Waals surface area contributed by atoms with E-state index in [2.05, 4.69) is 22.1 Å². The first-order valence-electron chi connectivity index (χ1n) is 19.3. The molecule has 4 heterocycles. The molecule has 2 unspecified atom stereocenters. The Bertz CT molecular complexity index is 1790. The molecule has 1 aromatic heterocycles. The van der Waals surface area contributed by atoms with Crippen LogP contribution in [-0.2, 0) is 38.1 Å². The number of carbonyl (C=O) groups excluding carboxylic acids is 4. The Morgan fingerprint density at radius 2 is 1.71 bits per heavy atom. The van der Waals surface area contributed by atoms with Gasteiger partial charge in [0.2, 0.25) is 0 Å². The van der Waals surface area contributed by atoms with Gasteiger partial charge in [0.25, 0.3) is 0 Å². The lowest BCUT2D eigenvalue weighted by Crippen LogP contribution is -2.59. The van der Waals surface area contributed by atoms with Crippen LogP contribution in [0.2, 0.25) is 0 Å². The Hall–Kier alpha value is -3.93. The highest BCUT2D eigenvalue weighted by Gasteiger charge is 2.57. The van der Waals surface area contributed by atoms with Crippen molar-refractivity contribution in [3.63, 3.8) is 0 Å². The molecule has 13 nitrogen and oxygen atoms in total. The van der Waals surface area contributed by atoms with Crippen molar-refractivity contribution in [1.82, 2.24) is 15.2 Å². The predicted molar refractivity (Wildman–Crippen MR) is 203 cm³/mol. The molecule has 1 amide bonds. The number of alkyl carbamates (subject to hydrolysis) is 1. The maximum absolute atomic E-state index is 14.8. The molecular formula is C42H57N3O10. The van der Waals surface area contributed by atoms with E-state index in [1.807, 2.05) is 63.2 Å². The molecule has 0 spiro atoms. The van der Waals surface area contributed by atoms with Crippen LogP contribution in [0.4, 0.5) is 4.79 Å². The summed E-state index contributed by atoms with van der Waals surface area (Å²) >= 11 is 0. The summed E-state index contributed by atoms with van der Waals surface area (Å²) in [5.41, 5.74) is -0.0160. The topological polar surface area (TPSA) is 163 Å². The van der Waals surface area contributed by atoms with E-state index in [9.17, 15) is 24.3 Å². The minimum Gasteiger partial charge on any atom is -0.457 e. The molecule has 0 bridgehead atoms. The van der Waals surface area contributed by atoms with Crippen LogP contribution in [0, 0.1) is 41.4 Å². The monoisotopic (exact) mass is 763 g/mol. The first kappa shape index (κ1) is 42.2. The average Bonchev–Trinajstić information content (AvgIpc) is 3.47. The molecule has 13 heteroatoms. The number of methoxy groups -OCH3 is 1. The zero-order chi connectivity index (χ0) is 40.4. The molecule has 55 heavy (non-hydrogen) atoms. The number of hydrogen-bond acceptors (Lipinski definition) is 12.